The fourth-order valence-electron chi connectivity index (χ4n) is 1.59. The van der Waals surface area contributed by atoms with Crippen LogP contribution in [-0.2, 0) is 6.42 Å². The average Bonchev–Trinajstić information content (AvgIpc) is 2.20. The normalized spacial score (nSPS) is 10.9. The third-order valence-corrected chi connectivity index (χ3v) is 2.94. The van der Waals surface area contributed by atoms with Gasteiger partial charge in [-0.05, 0) is 30.7 Å². The summed E-state index contributed by atoms with van der Waals surface area (Å²) in [4.78, 5) is 4.47. The first-order chi connectivity index (χ1) is 7.20. The first kappa shape index (κ1) is 10.6. The van der Waals surface area contributed by atoms with Gasteiger partial charge in [0.05, 0.1) is 5.52 Å². The standard InChI is InChI=1S/C12H11BrFN/c1-2-3-9-7-11(13)10-6-8(14)4-5-12(10)15-9/h4-7H,2-3H2,1H3. The van der Waals surface area contributed by atoms with Gasteiger partial charge < -0.3 is 0 Å². The highest BCUT2D eigenvalue weighted by atomic mass is 79.9. The van der Waals surface area contributed by atoms with E-state index in [-0.39, 0.29) is 5.82 Å². The van der Waals surface area contributed by atoms with Gasteiger partial charge in [0.25, 0.3) is 0 Å². The average molecular weight is 268 g/mol. The van der Waals surface area contributed by atoms with Crippen molar-refractivity contribution in [1.82, 2.24) is 4.98 Å². The molecule has 1 aromatic heterocycles. The van der Waals surface area contributed by atoms with E-state index in [1.54, 1.807) is 6.07 Å². The maximum atomic E-state index is 13.0. The molecule has 1 aromatic carbocycles. The molecule has 2 rings (SSSR count). The Balaban J connectivity index is 2.62. The van der Waals surface area contributed by atoms with Crippen molar-refractivity contribution in [2.24, 2.45) is 0 Å². The SMILES string of the molecule is CCCc1cc(Br)c2cc(F)ccc2n1. The molecule has 0 amide bonds. The predicted molar refractivity (Wildman–Crippen MR) is 63.4 cm³/mol. The summed E-state index contributed by atoms with van der Waals surface area (Å²) in [6, 6.07) is 6.62. The van der Waals surface area contributed by atoms with Crippen LogP contribution in [0.1, 0.15) is 19.0 Å². The van der Waals surface area contributed by atoms with E-state index in [9.17, 15) is 4.39 Å². The number of aromatic nitrogens is 1. The van der Waals surface area contributed by atoms with E-state index in [4.69, 9.17) is 0 Å². The minimum absolute atomic E-state index is 0.228. The number of benzene rings is 1. The van der Waals surface area contributed by atoms with Crippen molar-refractivity contribution in [3.8, 4) is 0 Å². The summed E-state index contributed by atoms with van der Waals surface area (Å²) < 4.78 is 13.9. The number of nitrogens with zero attached hydrogens (tertiary/aromatic N) is 1. The van der Waals surface area contributed by atoms with Gasteiger partial charge in [0, 0.05) is 15.6 Å². The summed E-state index contributed by atoms with van der Waals surface area (Å²) in [6.45, 7) is 2.12. The Morgan fingerprint density at radius 3 is 2.87 bits per heavy atom. The van der Waals surface area contributed by atoms with Crippen LogP contribution in [0.5, 0.6) is 0 Å². The highest BCUT2D eigenvalue weighted by Crippen LogP contribution is 2.24. The summed E-state index contributed by atoms with van der Waals surface area (Å²) in [7, 11) is 0. The Morgan fingerprint density at radius 2 is 2.13 bits per heavy atom. The van der Waals surface area contributed by atoms with Crippen LogP contribution in [0.4, 0.5) is 4.39 Å². The largest absolute Gasteiger partial charge is 0.253 e. The Labute approximate surface area is 96.5 Å². The van der Waals surface area contributed by atoms with E-state index in [2.05, 4.69) is 27.8 Å². The number of aryl methyl sites for hydroxylation is 1. The lowest BCUT2D eigenvalue weighted by atomic mass is 10.1. The molecule has 3 heteroatoms. The summed E-state index contributed by atoms with van der Waals surface area (Å²) in [5, 5.41) is 0.829. The number of hydrogen-bond donors (Lipinski definition) is 0. The van der Waals surface area contributed by atoms with Crippen LogP contribution in [0.3, 0.4) is 0 Å². The molecule has 0 aliphatic heterocycles. The van der Waals surface area contributed by atoms with Crippen LogP contribution in [0.2, 0.25) is 0 Å². The monoisotopic (exact) mass is 267 g/mol. The van der Waals surface area contributed by atoms with E-state index < -0.39 is 0 Å². The smallest absolute Gasteiger partial charge is 0.124 e. The summed E-state index contributed by atoms with van der Waals surface area (Å²) >= 11 is 3.45. The first-order valence-corrected chi connectivity index (χ1v) is 5.74. The van der Waals surface area contributed by atoms with E-state index >= 15 is 0 Å². The highest BCUT2D eigenvalue weighted by molar-refractivity contribution is 9.10. The van der Waals surface area contributed by atoms with Crippen molar-refractivity contribution >= 4 is 26.8 Å². The molecule has 0 aliphatic carbocycles. The van der Waals surface area contributed by atoms with Crippen molar-refractivity contribution < 1.29 is 4.39 Å². The molecular formula is C12H11BrFN. The lowest BCUT2D eigenvalue weighted by molar-refractivity contribution is 0.629. The van der Waals surface area contributed by atoms with Crippen molar-refractivity contribution in [2.45, 2.75) is 19.8 Å². The minimum atomic E-state index is -0.228. The third kappa shape index (κ3) is 2.17. The van der Waals surface area contributed by atoms with Crippen LogP contribution < -0.4 is 0 Å². The van der Waals surface area contributed by atoms with Gasteiger partial charge in [0.15, 0.2) is 0 Å². The zero-order valence-corrected chi connectivity index (χ0v) is 10.0. The van der Waals surface area contributed by atoms with E-state index in [1.807, 2.05) is 6.07 Å². The number of hydrogen-bond acceptors (Lipinski definition) is 1. The zero-order valence-electron chi connectivity index (χ0n) is 8.43. The molecule has 0 spiro atoms. The van der Waals surface area contributed by atoms with E-state index in [0.29, 0.717) is 0 Å². The molecule has 0 bridgehead atoms. The molecule has 0 saturated heterocycles. The second kappa shape index (κ2) is 4.27. The Morgan fingerprint density at radius 1 is 1.33 bits per heavy atom. The van der Waals surface area contributed by atoms with Crippen molar-refractivity contribution in [1.29, 1.82) is 0 Å². The molecular weight excluding hydrogens is 257 g/mol. The van der Waals surface area contributed by atoms with E-state index in [0.717, 1.165) is 33.9 Å². The van der Waals surface area contributed by atoms with Crippen LogP contribution in [0.25, 0.3) is 10.9 Å². The number of rotatable bonds is 2. The summed E-state index contributed by atoms with van der Waals surface area (Å²) in [5.74, 6) is -0.228. The highest BCUT2D eigenvalue weighted by Gasteiger charge is 2.04. The maximum Gasteiger partial charge on any atom is 0.124 e. The van der Waals surface area contributed by atoms with Gasteiger partial charge in [-0.2, -0.15) is 0 Å². The van der Waals surface area contributed by atoms with Gasteiger partial charge in [-0.25, -0.2) is 4.39 Å². The Hall–Kier alpha value is -0.960. The molecule has 0 unspecified atom stereocenters. The molecule has 0 atom stereocenters. The molecule has 0 saturated carbocycles. The van der Waals surface area contributed by atoms with Crippen LogP contribution in [0, 0.1) is 5.82 Å². The summed E-state index contributed by atoms with van der Waals surface area (Å²) in [6.07, 6.45) is 2.01. The molecule has 78 valence electrons. The zero-order chi connectivity index (χ0) is 10.8. The van der Waals surface area contributed by atoms with Gasteiger partial charge in [0.1, 0.15) is 5.82 Å². The van der Waals surface area contributed by atoms with Crippen LogP contribution in [0.15, 0.2) is 28.7 Å². The first-order valence-electron chi connectivity index (χ1n) is 4.95. The molecule has 15 heavy (non-hydrogen) atoms. The molecule has 0 N–H and O–H groups in total. The second-order valence-corrected chi connectivity index (χ2v) is 4.36. The lowest BCUT2D eigenvalue weighted by Gasteiger charge is -2.04. The van der Waals surface area contributed by atoms with Gasteiger partial charge in [-0.1, -0.05) is 29.3 Å². The Bertz CT molecular complexity index is 496. The van der Waals surface area contributed by atoms with Gasteiger partial charge in [-0.3, -0.25) is 4.98 Å². The molecule has 0 aliphatic rings. The fraction of sp³-hybridized carbons (Fsp3) is 0.250. The van der Waals surface area contributed by atoms with E-state index in [1.165, 1.54) is 12.1 Å². The number of halogens is 2. The molecule has 1 heterocycles. The quantitative estimate of drug-likeness (QED) is 0.799. The topological polar surface area (TPSA) is 12.9 Å². The molecule has 0 radical (unpaired) electrons. The number of pyridine rings is 1. The van der Waals surface area contributed by atoms with Gasteiger partial charge in [0.2, 0.25) is 0 Å². The van der Waals surface area contributed by atoms with Crippen molar-refractivity contribution in [3.63, 3.8) is 0 Å². The minimum Gasteiger partial charge on any atom is -0.253 e. The third-order valence-electron chi connectivity index (χ3n) is 2.28. The molecule has 1 nitrogen and oxygen atoms in total. The van der Waals surface area contributed by atoms with Crippen LogP contribution >= 0.6 is 15.9 Å². The number of fused-ring (bicyclic) bond motifs is 1. The van der Waals surface area contributed by atoms with Gasteiger partial charge in [-0.15, -0.1) is 0 Å². The predicted octanol–water partition coefficient (Wildman–Crippen LogP) is 4.09. The molecule has 0 fully saturated rings. The van der Waals surface area contributed by atoms with Crippen molar-refractivity contribution in [3.05, 3.63) is 40.2 Å². The van der Waals surface area contributed by atoms with Gasteiger partial charge >= 0.3 is 0 Å². The lowest BCUT2D eigenvalue weighted by Crippen LogP contribution is -1.91. The second-order valence-electron chi connectivity index (χ2n) is 3.51. The van der Waals surface area contributed by atoms with Crippen molar-refractivity contribution in [2.75, 3.05) is 0 Å². The fourth-order valence-corrected chi connectivity index (χ4v) is 2.17. The Kier molecular flexibility index (Phi) is 3.00. The summed E-state index contributed by atoms with van der Waals surface area (Å²) in [5.41, 5.74) is 1.89. The maximum absolute atomic E-state index is 13.0. The molecule has 2 aromatic rings. The van der Waals surface area contributed by atoms with Crippen LogP contribution in [-0.4, -0.2) is 4.98 Å².